The van der Waals surface area contributed by atoms with Gasteiger partial charge in [0.1, 0.15) is 0 Å². The highest BCUT2D eigenvalue weighted by Gasteiger charge is 2.34. The van der Waals surface area contributed by atoms with Gasteiger partial charge in [-0.25, -0.2) is 9.78 Å². The molecule has 0 bridgehead atoms. The largest absolute Gasteiger partial charge is 0.465 e. The van der Waals surface area contributed by atoms with Crippen molar-refractivity contribution in [3.8, 4) is 0 Å². The van der Waals surface area contributed by atoms with Gasteiger partial charge in [0.15, 0.2) is 5.13 Å². The molecule has 3 aromatic rings. The number of imide groups is 1. The number of carbonyl (C=O) groups excluding carboxylic acids is 4. The molecule has 9 heteroatoms. The van der Waals surface area contributed by atoms with E-state index in [1.165, 1.54) is 35.5 Å². The van der Waals surface area contributed by atoms with Gasteiger partial charge in [0.05, 0.1) is 29.5 Å². The molecule has 0 saturated heterocycles. The number of unbranched alkanes of at least 4 members (excludes halogenated alkanes) is 1. The molecule has 8 nitrogen and oxygen atoms in total. The van der Waals surface area contributed by atoms with Crippen molar-refractivity contribution in [2.24, 2.45) is 0 Å². The molecule has 1 aromatic heterocycles. The number of nitrogens with one attached hydrogen (secondary N) is 1. The first-order chi connectivity index (χ1) is 16.4. The minimum Gasteiger partial charge on any atom is -0.465 e. The Morgan fingerprint density at radius 2 is 1.59 bits per heavy atom. The smallest absolute Gasteiger partial charge is 0.337 e. The third kappa shape index (κ3) is 4.74. The van der Waals surface area contributed by atoms with E-state index < -0.39 is 5.97 Å². The van der Waals surface area contributed by atoms with Crippen LogP contribution in [0.2, 0.25) is 0 Å². The van der Waals surface area contributed by atoms with E-state index >= 15 is 0 Å². The number of nitrogens with zero attached hydrogens (tertiary/aromatic N) is 2. The van der Waals surface area contributed by atoms with Gasteiger partial charge >= 0.3 is 5.97 Å². The van der Waals surface area contributed by atoms with Crippen LogP contribution < -0.4 is 5.32 Å². The van der Waals surface area contributed by atoms with Crippen LogP contribution in [0.3, 0.4) is 0 Å². The number of fused-ring (bicyclic) bond motifs is 1. The predicted molar refractivity (Wildman–Crippen MR) is 127 cm³/mol. The number of thiazole rings is 1. The number of anilines is 1. The Balaban J connectivity index is 1.29. The molecule has 2 heterocycles. The quantitative estimate of drug-likeness (QED) is 0.297. The van der Waals surface area contributed by atoms with Crippen LogP contribution in [0.5, 0.6) is 0 Å². The Labute approximate surface area is 200 Å². The normalized spacial score (nSPS) is 12.6. The van der Waals surface area contributed by atoms with Crippen LogP contribution in [-0.2, 0) is 11.2 Å². The molecule has 0 aliphatic carbocycles. The van der Waals surface area contributed by atoms with Gasteiger partial charge in [0.2, 0.25) is 0 Å². The van der Waals surface area contributed by atoms with Crippen LogP contribution in [0, 0.1) is 6.92 Å². The van der Waals surface area contributed by atoms with Crippen molar-refractivity contribution in [3.05, 3.63) is 81.4 Å². The molecule has 1 aliphatic heterocycles. The van der Waals surface area contributed by atoms with Gasteiger partial charge < -0.3 is 4.74 Å². The number of hydrogen-bond acceptors (Lipinski definition) is 7. The maximum Gasteiger partial charge on any atom is 0.337 e. The van der Waals surface area contributed by atoms with E-state index in [-0.39, 0.29) is 17.7 Å². The summed E-state index contributed by atoms with van der Waals surface area (Å²) in [5.41, 5.74) is 2.54. The summed E-state index contributed by atoms with van der Waals surface area (Å²) in [6.45, 7) is 2.26. The fourth-order valence-corrected chi connectivity index (χ4v) is 4.76. The Morgan fingerprint density at radius 3 is 2.21 bits per heavy atom. The highest BCUT2D eigenvalue weighted by Crippen LogP contribution is 2.26. The zero-order chi connectivity index (χ0) is 24.2. The second-order valence-electron chi connectivity index (χ2n) is 7.82. The monoisotopic (exact) mass is 477 g/mol. The summed E-state index contributed by atoms with van der Waals surface area (Å²) in [7, 11) is 1.30. The Hall–Kier alpha value is -3.85. The molecular weight excluding hydrogens is 454 g/mol. The van der Waals surface area contributed by atoms with Crippen molar-refractivity contribution in [3.63, 3.8) is 0 Å². The van der Waals surface area contributed by atoms with E-state index in [1.807, 2.05) is 6.92 Å². The van der Waals surface area contributed by atoms with Gasteiger partial charge in [-0.15, -0.1) is 11.3 Å². The average Bonchev–Trinajstić information content (AvgIpc) is 3.32. The van der Waals surface area contributed by atoms with Crippen molar-refractivity contribution < 1.29 is 23.9 Å². The number of carbonyl (C=O) groups is 4. The molecule has 0 saturated carbocycles. The lowest BCUT2D eigenvalue weighted by Gasteiger charge is -2.13. The van der Waals surface area contributed by atoms with Crippen LogP contribution in [0.4, 0.5) is 5.13 Å². The van der Waals surface area contributed by atoms with Crippen molar-refractivity contribution >= 4 is 40.2 Å². The van der Waals surface area contributed by atoms with Crippen molar-refractivity contribution in [1.29, 1.82) is 0 Å². The minimum atomic E-state index is -0.463. The fourth-order valence-electron chi connectivity index (χ4n) is 3.76. The Bertz CT molecular complexity index is 1230. The molecule has 1 aliphatic rings. The molecule has 0 atom stereocenters. The van der Waals surface area contributed by atoms with E-state index in [4.69, 9.17) is 0 Å². The lowest BCUT2D eigenvalue weighted by molar-refractivity contribution is 0.0598. The first kappa shape index (κ1) is 23.3. The summed E-state index contributed by atoms with van der Waals surface area (Å²) in [6.07, 6.45) is 2.19. The summed E-state index contributed by atoms with van der Waals surface area (Å²) in [5, 5.41) is 3.29. The lowest BCUT2D eigenvalue weighted by Crippen LogP contribution is -2.30. The number of ether oxygens (including phenoxy) is 1. The van der Waals surface area contributed by atoms with E-state index in [9.17, 15) is 19.2 Å². The zero-order valence-corrected chi connectivity index (χ0v) is 19.6. The second-order valence-corrected chi connectivity index (χ2v) is 8.90. The number of amides is 3. The van der Waals surface area contributed by atoms with Gasteiger partial charge in [-0.2, -0.15) is 0 Å². The number of aryl methyl sites for hydroxylation is 2. The molecule has 0 radical (unpaired) electrons. The van der Waals surface area contributed by atoms with Gasteiger partial charge in [0, 0.05) is 17.0 Å². The topological polar surface area (TPSA) is 106 Å². The summed E-state index contributed by atoms with van der Waals surface area (Å²) in [5.74, 6) is -1.25. The first-order valence-electron chi connectivity index (χ1n) is 10.8. The molecule has 0 spiro atoms. The van der Waals surface area contributed by atoms with Crippen molar-refractivity contribution in [1.82, 2.24) is 9.88 Å². The fraction of sp³-hybridized carbons (Fsp3) is 0.240. The zero-order valence-electron chi connectivity index (χ0n) is 18.8. The molecule has 0 fully saturated rings. The van der Waals surface area contributed by atoms with E-state index in [1.54, 1.807) is 36.4 Å². The van der Waals surface area contributed by atoms with Crippen LogP contribution in [-0.4, -0.2) is 47.2 Å². The number of methoxy groups -OCH3 is 1. The van der Waals surface area contributed by atoms with Crippen LogP contribution in [0.1, 0.15) is 64.8 Å². The van der Waals surface area contributed by atoms with Crippen LogP contribution in [0.25, 0.3) is 0 Å². The summed E-state index contributed by atoms with van der Waals surface area (Å²) < 4.78 is 4.66. The van der Waals surface area contributed by atoms with Gasteiger partial charge in [-0.1, -0.05) is 12.1 Å². The van der Waals surface area contributed by atoms with Crippen molar-refractivity contribution in [2.75, 3.05) is 19.0 Å². The van der Waals surface area contributed by atoms with E-state index in [0.717, 1.165) is 23.4 Å². The first-order valence-corrected chi connectivity index (χ1v) is 11.6. The maximum absolute atomic E-state index is 12.5. The molecule has 2 aromatic carbocycles. The maximum atomic E-state index is 12.5. The Morgan fingerprint density at radius 1 is 0.971 bits per heavy atom. The predicted octanol–water partition coefficient (Wildman–Crippen LogP) is 4.11. The molecule has 34 heavy (non-hydrogen) atoms. The van der Waals surface area contributed by atoms with Gasteiger partial charge in [-0.05, 0) is 62.6 Å². The number of benzene rings is 2. The van der Waals surface area contributed by atoms with E-state index in [0.29, 0.717) is 40.4 Å². The standard InChI is InChI=1S/C25H23N3O5S/c1-15-20(9-5-6-14-28-22(30)18-7-3-4-8-19(18)23(28)31)34-25(26-15)27-21(29)16-10-12-17(13-11-16)24(32)33-2/h3-4,7-8,10-13H,5-6,9,14H2,1-2H3,(H,26,27,29). The Kier molecular flexibility index (Phi) is 6.83. The second kappa shape index (κ2) is 9.96. The van der Waals surface area contributed by atoms with Gasteiger partial charge in [-0.3, -0.25) is 24.6 Å². The molecule has 1 N–H and O–H groups in total. The summed E-state index contributed by atoms with van der Waals surface area (Å²) >= 11 is 1.40. The van der Waals surface area contributed by atoms with Gasteiger partial charge in [0.25, 0.3) is 17.7 Å². The average molecular weight is 478 g/mol. The summed E-state index contributed by atoms with van der Waals surface area (Å²) in [4.78, 5) is 55.7. The van der Waals surface area contributed by atoms with Crippen LogP contribution >= 0.6 is 11.3 Å². The molecule has 3 amide bonds. The molecule has 4 rings (SSSR count). The highest BCUT2D eigenvalue weighted by atomic mass is 32.1. The number of esters is 1. The van der Waals surface area contributed by atoms with Crippen molar-refractivity contribution in [2.45, 2.75) is 26.2 Å². The summed E-state index contributed by atoms with van der Waals surface area (Å²) in [6, 6.07) is 13.1. The number of aromatic nitrogens is 1. The van der Waals surface area contributed by atoms with E-state index in [2.05, 4.69) is 15.0 Å². The highest BCUT2D eigenvalue weighted by molar-refractivity contribution is 7.15. The molecular formula is C25H23N3O5S. The lowest BCUT2D eigenvalue weighted by atomic mass is 10.1. The minimum absolute atomic E-state index is 0.237. The van der Waals surface area contributed by atoms with Crippen LogP contribution in [0.15, 0.2) is 48.5 Å². The SMILES string of the molecule is COC(=O)c1ccc(C(=O)Nc2nc(C)c(CCCCN3C(=O)c4ccccc4C3=O)s2)cc1. The number of hydrogen-bond donors (Lipinski definition) is 1. The number of rotatable bonds is 8. The third-order valence-electron chi connectivity index (χ3n) is 5.60. The molecule has 174 valence electrons. The third-order valence-corrected chi connectivity index (χ3v) is 6.73. The molecule has 0 unspecified atom stereocenters.